The van der Waals surface area contributed by atoms with Crippen LogP contribution in [0.4, 0.5) is 4.79 Å². The first-order valence-corrected chi connectivity index (χ1v) is 6.98. The van der Waals surface area contributed by atoms with Crippen molar-refractivity contribution >= 4 is 12.1 Å². The number of rotatable bonds is 2. The zero-order valence-electron chi connectivity index (χ0n) is 13.0. The van der Waals surface area contributed by atoms with Gasteiger partial charge in [0.25, 0.3) is 0 Å². The summed E-state index contributed by atoms with van der Waals surface area (Å²) >= 11 is 0. The van der Waals surface area contributed by atoms with E-state index in [1.54, 1.807) is 4.90 Å². The fraction of sp³-hybridized carbons (Fsp3) is 0.857. The Balaban J connectivity index is 2.60. The van der Waals surface area contributed by atoms with E-state index in [9.17, 15) is 9.59 Å². The lowest BCUT2D eigenvalue weighted by molar-refractivity contribution is -0.144. The second kappa shape index (κ2) is 6.43. The number of ether oxygens (including phenoxy) is 2. The third kappa shape index (κ3) is 4.37. The Bertz CT molecular complexity index is 365. The van der Waals surface area contributed by atoms with E-state index < -0.39 is 17.6 Å². The molecule has 0 aromatic rings. The van der Waals surface area contributed by atoms with Crippen LogP contribution in [0.25, 0.3) is 0 Å². The maximum atomic E-state index is 12.1. The molecule has 0 bridgehead atoms. The van der Waals surface area contributed by atoms with Crippen molar-refractivity contribution < 1.29 is 19.1 Å². The minimum atomic E-state index is -0.622. The monoisotopic (exact) mass is 286 g/mol. The van der Waals surface area contributed by atoms with Gasteiger partial charge in [-0.2, -0.15) is 0 Å². The number of nitrogens with zero attached hydrogens (tertiary/aromatic N) is 1. The van der Waals surface area contributed by atoms with Crippen molar-refractivity contribution in [2.24, 2.45) is 11.7 Å². The number of piperidine rings is 1. The van der Waals surface area contributed by atoms with Crippen LogP contribution in [0.5, 0.6) is 0 Å². The normalized spacial score (nSPS) is 25.0. The summed E-state index contributed by atoms with van der Waals surface area (Å²) in [6.07, 6.45) is 1.05. The molecule has 0 spiro atoms. The molecule has 6 heteroatoms. The van der Waals surface area contributed by atoms with Crippen molar-refractivity contribution in [3.05, 3.63) is 0 Å². The largest absolute Gasteiger partial charge is 0.468 e. The SMILES string of the molecule is COC(=O)[C@H](N)C1CCN(C(=O)OC(C)(C)C)C(C)C1. The van der Waals surface area contributed by atoms with Gasteiger partial charge in [0.05, 0.1) is 7.11 Å². The third-order valence-corrected chi connectivity index (χ3v) is 3.53. The number of carbonyl (C=O) groups excluding carboxylic acids is 2. The fourth-order valence-corrected chi connectivity index (χ4v) is 2.46. The van der Waals surface area contributed by atoms with Gasteiger partial charge in [-0.15, -0.1) is 0 Å². The molecule has 0 aliphatic carbocycles. The Labute approximate surface area is 120 Å². The van der Waals surface area contributed by atoms with Crippen LogP contribution in [0.1, 0.15) is 40.5 Å². The summed E-state index contributed by atoms with van der Waals surface area (Å²) in [6, 6.07) is -0.623. The average Bonchev–Trinajstić information content (AvgIpc) is 2.34. The molecule has 1 heterocycles. The highest BCUT2D eigenvalue weighted by Gasteiger charge is 2.36. The summed E-state index contributed by atoms with van der Waals surface area (Å²) in [5.74, 6) is -0.357. The van der Waals surface area contributed by atoms with E-state index in [2.05, 4.69) is 4.74 Å². The van der Waals surface area contributed by atoms with Gasteiger partial charge < -0.3 is 20.1 Å². The molecule has 20 heavy (non-hydrogen) atoms. The standard InChI is InChI=1S/C14H26N2O4/c1-9-8-10(11(15)12(17)19-5)6-7-16(9)13(18)20-14(2,3)4/h9-11H,6-8,15H2,1-5H3/t9?,10?,11-/m1/s1. The Morgan fingerprint density at radius 3 is 2.40 bits per heavy atom. The van der Waals surface area contributed by atoms with Crippen LogP contribution in [-0.4, -0.2) is 48.3 Å². The summed E-state index contributed by atoms with van der Waals surface area (Å²) in [6.45, 7) is 8.02. The molecule has 0 saturated carbocycles. The zero-order valence-corrected chi connectivity index (χ0v) is 13.0. The molecule has 6 nitrogen and oxygen atoms in total. The van der Waals surface area contributed by atoms with E-state index >= 15 is 0 Å². The summed E-state index contributed by atoms with van der Waals surface area (Å²) < 4.78 is 10.0. The predicted octanol–water partition coefficient (Wildman–Crippen LogP) is 1.52. The van der Waals surface area contributed by atoms with Gasteiger partial charge >= 0.3 is 12.1 Å². The maximum Gasteiger partial charge on any atom is 0.410 e. The van der Waals surface area contributed by atoms with Crippen molar-refractivity contribution in [1.29, 1.82) is 0 Å². The average molecular weight is 286 g/mol. The number of hydrogen-bond donors (Lipinski definition) is 1. The second-order valence-corrected chi connectivity index (χ2v) is 6.36. The van der Waals surface area contributed by atoms with Crippen molar-refractivity contribution in [3.8, 4) is 0 Å². The van der Waals surface area contributed by atoms with Crippen LogP contribution in [-0.2, 0) is 14.3 Å². The van der Waals surface area contributed by atoms with E-state index in [1.807, 2.05) is 27.7 Å². The quantitative estimate of drug-likeness (QED) is 0.778. The number of esters is 1. The molecule has 1 amide bonds. The van der Waals surface area contributed by atoms with Gasteiger partial charge in [0.1, 0.15) is 11.6 Å². The molecule has 2 N–H and O–H groups in total. The molecule has 0 aromatic heterocycles. The summed E-state index contributed by atoms with van der Waals surface area (Å²) in [5.41, 5.74) is 5.37. The van der Waals surface area contributed by atoms with Gasteiger partial charge in [-0.25, -0.2) is 4.79 Å². The molecule has 3 atom stereocenters. The Kier molecular flexibility index (Phi) is 5.39. The molecular formula is C14H26N2O4. The maximum absolute atomic E-state index is 12.1. The predicted molar refractivity (Wildman–Crippen MR) is 75.1 cm³/mol. The fourth-order valence-electron chi connectivity index (χ4n) is 2.46. The van der Waals surface area contributed by atoms with Crippen LogP contribution in [0.3, 0.4) is 0 Å². The highest BCUT2D eigenvalue weighted by molar-refractivity contribution is 5.75. The van der Waals surface area contributed by atoms with Crippen molar-refractivity contribution in [3.63, 3.8) is 0 Å². The van der Waals surface area contributed by atoms with Gasteiger partial charge in [0, 0.05) is 12.6 Å². The van der Waals surface area contributed by atoms with E-state index in [0.717, 1.165) is 0 Å². The van der Waals surface area contributed by atoms with Crippen molar-refractivity contribution in [2.45, 2.75) is 58.2 Å². The van der Waals surface area contributed by atoms with E-state index in [4.69, 9.17) is 10.5 Å². The van der Waals surface area contributed by atoms with Crippen LogP contribution < -0.4 is 5.73 Å². The molecule has 0 radical (unpaired) electrons. The first-order chi connectivity index (χ1) is 9.15. The lowest BCUT2D eigenvalue weighted by Gasteiger charge is -2.39. The van der Waals surface area contributed by atoms with Crippen LogP contribution in [0, 0.1) is 5.92 Å². The Hall–Kier alpha value is -1.30. The Morgan fingerprint density at radius 2 is 1.95 bits per heavy atom. The van der Waals surface area contributed by atoms with Crippen LogP contribution in [0.15, 0.2) is 0 Å². The van der Waals surface area contributed by atoms with Gasteiger partial charge in [-0.1, -0.05) is 0 Å². The first-order valence-electron chi connectivity index (χ1n) is 6.98. The molecule has 116 valence electrons. The topological polar surface area (TPSA) is 81.9 Å². The van der Waals surface area contributed by atoms with Gasteiger partial charge in [-0.05, 0) is 46.5 Å². The van der Waals surface area contributed by atoms with Crippen molar-refractivity contribution in [1.82, 2.24) is 4.90 Å². The molecule has 1 aliphatic rings. The number of carbonyl (C=O) groups is 2. The summed E-state index contributed by atoms with van der Waals surface area (Å²) in [7, 11) is 1.33. The highest BCUT2D eigenvalue weighted by Crippen LogP contribution is 2.26. The van der Waals surface area contributed by atoms with Gasteiger partial charge in [0.15, 0.2) is 0 Å². The lowest BCUT2D eigenvalue weighted by Crippen LogP contribution is -2.51. The smallest absolute Gasteiger partial charge is 0.410 e. The molecule has 2 unspecified atom stereocenters. The number of methoxy groups -OCH3 is 1. The second-order valence-electron chi connectivity index (χ2n) is 6.36. The summed E-state index contributed by atoms with van der Waals surface area (Å²) in [4.78, 5) is 25.2. The van der Waals surface area contributed by atoms with E-state index in [0.29, 0.717) is 19.4 Å². The van der Waals surface area contributed by atoms with Crippen LogP contribution in [0.2, 0.25) is 0 Å². The molecule has 1 fully saturated rings. The molecule has 1 saturated heterocycles. The number of amides is 1. The van der Waals surface area contributed by atoms with Crippen LogP contribution >= 0.6 is 0 Å². The molecule has 1 rings (SSSR count). The lowest BCUT2D eigenvalue weighted by atomic mass is 9.86. The number of hydrogen-bond acceptors (Lipinski definition) is 5. The minimum absolute atomic E-state index is 0.000642. The molecule has 0 aromatic carbocycles. The molecular weight excluding hydrogens is 260 g/mol. The van der Waals surface area contributed by atoms with E-state index in [-0.39, 0.29) is 18.1 Å². The third-order valence-electron chi connectivity index (χ3n) is 3.53. The zero-order chi connectivity index (χ0) is 15.5. The number of likely N-dealkylation sites (tertiary alicyclic amines) is 1. The minimum Gasteiger partial charge on any atom is -0.468 e. The van der Waals surface area contributed by atoms with Gasteiger partial charge in [0.2, 0.25) is 0 Å². The first kappa shape index (κ1) is 16.8. The summed E-state index contributed by atoms with van der Waals surface area (Å²) in [5, 5.41) is 0. The highest BCUT2D eigenvalue weighted by atomic mass is 16.6. The number of nitrogens with two attached hydrogens (primary N) is 1. The van der Waals surface area contributed by atoms with Gasteiger partial charge in [-0.3, -0.25) is 4.79 Å². The Morgan fingerprint density at radius 1 is 1.35 bits per heavy atom. The van der Waals surface area contributed by atoms with Crippen molar-refractivity contribution in [2.75, 3.05) is 13.7 Å². The molecule has 1 aliphatic heterocycles. The van der Waals surface area contributed by atoms with E-state index in [1.165, 1.54) is 7.11 Å².